The maximum Gasteiger partial charge on any atom is 0.144 e. The van der Waals surface area contributed by atoms with E-state index in [4.69, 9.17) is 4.74 Å². The van der Waals surface area contributed by atoms with E-state index in [0.717, 1.165) is 39.4 Å². The van der Waals surface area contributed by atoms with Crippen LogP contribution in [0.25, 0.3) is 11.1 Å². The van der Waals surface area contributed by atoms with E-state index in [-0.39, 0.29) is 18.2 Å². The molecule has 0 aromatic heterocycles. The molecule has 0 radical (unpaired) electrons. The molecule has 34 heavy (non-hydrogen) atoms. The fraction of sp³-hybridized carbons (Fsp3) is 0.133. The number of fused-ring (bicyclic) bond motifs is 2. The number of nitriles is 1. The molecule has 2 unspecified atom stereocenters. The van der Waals surface area contributed by atoms with Crippen molar-refractivity contribution in [1.29, 1.82) is 5.26 Å². The Labute approximate surface area is 199 Å². The molecule has 3 aliphatic rings. The van der Waals surface area contributed by atoms with Gasteiger partial charge in [0, 0.05) is 29.5 Å². The van der Waals surface area contributed by atoms with Gasteiger partial charge in [0.1, 0.15) is 11.9 Å². The Morgan fingerprint density at radius 2 is 1.74 bits per heavy atom. The van der Waals surface area contributed by atoms with E-state index in [9.17, 15) is 5.26 Å². The molecule has 0 spiro atoms. The highest BCUT2D eigenvalue weighted by atomic mass is 16.5. The van der Waals surface area contributed by atoms with Crippen LogP contribution in [0.2, 0.25) is 0 Å². The smallest absolute Gasteiger partial charge is 0.144 e. The van der Waals surface area contributed by atoms with Gasteiger partial charge in [-0.1, -0.05) is 66.8 Å². The molecule has 3 aromatic rings. The Hall–Kier alpha value is -4.36. The Bertz CT molecular complexity index is 1410. The molecule has 164 valence electrons. The number of anilines is 2. The van der Waals surface area contributed by atoms with Crippen molar-refractivity contribution in [2.24, 2.45) is 4.99 Å². The third kappa shape index (κ3) is 3.52. The minimum atomic E-state index is -0.0490. The third-order valence-electron chi connectivity index (χ3n) is 6.59. The zero-order valence-corrected chi connectivity index (χ0v) is 18.6. The van der Waals surface area contributed by atoms with Crippen molar-refractivity contribution in [3.05, 3.63) is 114 Å². The molecule has 0 bridgehead atoms. The second kappa shape index (κ2) is 8.53. The van der Waals surface area contributed by atoms with E-state index in [1.807, 2.05) is 12.1 Å². The van der Waals surface area contributed by atoms with Crippen molar-refractivity contribution < 1.29 is 4.74 Å². The molecule has 0 saturated heterocycles. The van der Waals surface area contributed by atoms with Gasteiger partial charge in [0.15, 0.2) is 0 Å². The largest absolute Gasteiger partial charge is 0.482 e. The minimum Gasteiger partial charge on any atom is -0.482 e. The van der Waals surface area contributed by atoms with Gasteiger partial charge in [-0.15, -0.1) is 0 Å². The zero-order chi connectivity index (χ0) is 22.9. The highest BCUT2D eigenvalue weighted by molar-refractivity contribution is 5.85. The number of ether oxygens (including phenoxy) is 1. The topological polar surface area (TPSA) is 48.6 Å². The average molecular weight is 442 g/mol. The fourth-order valence-corrected chi connectivity index (χ4v) is 4.96. The molecule has 2 heterocycles. The second-order valence-electron chi connectivity index (χ2n) is 8.64. The number of dihydropyridines is 1. The molecule has 3 atom stereocenters. The summed E-state index contributed by atoms with van der Waals surface area (Å²) in [6.07, 6.45) is 12.6. The number of rotatable bonds is 3. The van der Waals surface area contributed by atoms with Crippen LogP contribution in [0.4, 0.5) is 11.4 Å². The van der Waals surface area contributed by atoms with E-state index in [0.29, 0.717) is 6.42 Å². The Kier molecular flexibility index (Phi) is 5.08. The lowest BCUT2D eigenvalue weighted by Crippen LogP contribution is -2.46. The van der Waals surface area contributed by atoms with Crippen LogP contribution in [0.5, 0.6) is 5.75 Å². The SMILES string of the molecule is N#CC1=CC=NC(c2cccc(-c3ccccc3N3c4ccccc4OC4C=CC=C[C@@H]43)c2)C1. The van der Waals surface area contributed by atoms with Crippen molar-refractivity contribution >= 4 is 17.6 Å². The monoisotopic (exact) mass is 441 g/mol. The first-order valence-electron chi connectivity index (χ1n) is 11.5. The summed E-state index contributed by atoms with van der Waals surface area (Å²) >= 11 is 0. The highest BCUT2D eigenvalue weighted by Crippen LogP contribution is 2.45. The van der Waals surface area contributed by atoms with E-state index in [1.165, 1.54) is 0 Å². The van der Waals surface area contributed by atoms with Crippen LogP contribution in [0, 0.1) is 11.3 Å². The van der Waals surface area contributed by atoms with Crippen molar-refractivity contribution in [2.75, 3.05) is 4.90 Å². The second-order valence-corrected chi connectivity index (χ2v) is 8.64. The summed E-state index contributed by atoms with van der Waals surface area (Å²) in [6.45, 7) is 0. The number of hydrogen-bond acceptors (Lipinski definition) is 4. The minimum absolute atomic E-state index is 0.0355. The summed E-state index contributed by atoms with van der Waals surface area (Å²) in [5.41, 5.74) is 6.36. The summed E-state index contributed by atoms with van der Waals surface area (Å²) < 4.78 is 6.33. The van der Waals surface area contributed by atoms with Crippen LogP contribution in [0.3, 0.4) is 0 Å². The lowest BCUT2D eigenvalue weighted by molar-refractivity contribution is 0.218. The number of hydrogen-bond donors (Lipinski definition) is 0. The molecule has 1 aliphatic carbocycles. The third-order valence-corrected chi connectivity index (χ3v) is 6.59. The first-order valence-corrected chi connectivity index (χ1v) is 11.5. The average Bonchev–Trinajstić information content (AvgIpc) is 2.92. The molecule has 4 heteroatoms. The molecule has 4 nitrogen and oxygen atoms in total. The number of benzene rings is 3. The Morgan fingerprint density at radius 1 is 0.912 bits per heavy atom. The molecule has 2 aliphatic heterocycles. The van der Waals surface area contributed by atoms with Crippen LogP contribution in [-0.4, -0.2) is 18.4 Å². The normalized spacial score (nSPS) is 22.3. The van der Waals surface area contributed by atoms with Crippen molar-refractivity contribution in [2.45, 2.75) is 24.6 Å². The predicted molar refractivity (Wildman–Crippen MR) is 136 cm³/mol. The van der Waals surface area contributed by atoms with Gasteiger partial charge < -0.3 is 9.64 Å². The lowest BCUT2D eigenvalue weighted by Gasteiger charge is -2.43. The molecule has 6 rings (SSSR count). The molecular formula is C30H23N3O. The molecule has 0 amide bonds. The van der Waals surface area contributed by atoms with Crippen LogP contribution < -0.4 is 9.64 Å². The van der Waals surface area contributed by atoms with E-state index >= 15 is 0 Å². The van der Waals surface area contributed by atoms with E-state index in [1.54, 1.807) is 12.3 Å². The predicted octanol–water partition coefficient (Wildman–Crippen LogP) is 6.71. The van der Waals surface area contributed by atoms with Crippen LogP contribution in [0.15, 0.2) is 114 Å². The van der Waals surface area contributed by atoms with Crippen molar-refractivity contribution in [3.8, 4) is 22.9 Å². The van der Waals surface area contributed by atoms with Gasteiger partial charge in [0.2, 0.25) is 0 Å². The summed E-state index contributed by atoms with van der Waals surface area (Å²) in [5, 5.41) is 9.34. The summed E-state index contributed by atoms with van der Waals surface area (Å²) in [5.74, 6) is 0.889. The number of allylic oxidation sites excluding steroid dienone is 3. The number of nitrogens with zero attached hydrogens (tertiary/aromatic N) is 3. The quantitative estimate of drug-likeness (QED) is 0.454. The number of aliphatic imine (C=N–C) groups is 1. The Balaban J connectivity index is 1.45. The lowest BCUT2D eigenvalue weighted by atomic mass is 9.93. The van der Waals surface area contributed by atoms with Crippen LogP contribution in [-0.2, 0) is 0 Å². The molecule has 0 saturated carbocycles. The molecular weight excluding hydrogens is 418 g/mol. The van der Waals surface area contributed by atoms with Crippen LogP contribution >= 0.6 is 0 Å². The van der Waals surface area contributed by atoms with Gasteiger partial charge >= 0.3 is 0 Å². The zero-order valence-electron chi connectivity index (χ0n) is 18.6. The summed E-state index contributed by atoms with van der Waals surface area (Å²) in [4.78, 5) is 7.02. The first kappa shape index (κ1) is 20.3. The van der Waals surface area contributed by atoms with E-state index in [2.05, 4.69) is 101 Å². The van der Waals surface area contributed by atoms with Gasteiger partial charge in [-0.25, -0.2) is 0 Å². The van der Waals surface area contributed by atoms with Gasteiger partial charge in [-0.05, 0) is 47.5 Å². The molecule has 0 fully saturated rings. The molecule has 3 aromatic carbocycles. The van der Waals surface area contributed by atoms with Gasteiger partial charge in [-0.3, -0.25) is 4.99 Å². The highest BCUT2D eigenvalue weighted by Gasteiger charge is 2.35. The van der Waals surface area contributed by atoms with Crippen LogP contribution in [0.1, 0.15) is 18.0 Å². The summed E-state index contributed by atoms with van der Waals surface area (Å²) in [6, 6.07) is 27.6. The van der Waals surface area contributed by atoms with Crippen molar-refractivity contribution in [1.82, 2.24) is 0 Å². The summed E-state index contributed by atoms with van der Waals surface area (Å²) in [7, 11) is 0. The van der Waals surface area contributed by atoms with Gasteiger partial charge in [0.05, 0.1) is 23.8 Å². The van der Waals surface area contributed by atoms with Gasteiger partial charge in [-0.2, -0.15) is 5.26 Å². The maximum atomic E-state index is 9.34. The first-order chi connectivity index (χ1) is 16.8. The maximum absolute atomic E-state index is 9.34. The van der Waals surface area contributed by atoms with Gasteiger partial charge in [0.25, 0.3) is 0 Å². The standard InChI is InChI=1S/C30H23N3O/c31-20-21-16-17-32-25(18-21)23-9-7-8-22(19-23)24-10-1-2-11-26(24)33-27-12-3-5-14-29(27)34-30-15-6-4-13-28(30)33/h1-17,19,25,27,29H,18H2/t25?,27-,29?/m0/s1. The van der Waals surface area contributed by atoms with E-state index < -0.39 is 0 Å². The fourth-order valence-electron chi connectivity index (χ4n) is 4.96. The van der Waals surface area contributed by atoms with Crippen molar-refractivity contribution in [3.63, 3.8) is 0 Å². The molecule has 0 N–H and O–H groups in total. The number of para-hydroxylation sites is 3. The Morgan fingerprint density at radius 3 is 2.65 bits per heavy atom.